The smallest absolute Gasteiger partial charge is 0.305 e. The molecule has 0 radical (unpaired) electrons. The van der Waals surface area contributed by atoms with Crippen LogP contribution in [0.2, 0.25) is 0 Å². The summed E-state index contributed by atoms with van der Waals surface area (Å²) in [6, 6.07) is 5.02. The number of hydrogen-bond donors (Lipinski definition) is 2. The van der Waals surface area contributed by atoms with E-state index in [1.54, 1.807) is 13.1 Å². The molecule has 2 N–H and O–H groups in total. The predicted octanol–water partition coefficient (Wildman–Crippen LogP) is 3.96. The molecule has 1 fully saturated rings. The van der Waals surface area contributed by atoms with Crippen LogP contribution in [0.4, 0.5) is 4.39 Å². The van der Waals surface area contributed by atoms with Gasteiger partial charge >= 0.3 is 5.97 Å². The van der Waals surface area contributed by atoms with Crippen molar-refractivity contribution in [1.82, 2.24) is 10.6 Å². The molecule has 6 nitrogen and oxygen atoms in total. The average molecular weight is 408 g/mol. The van der Waals surface area contributed by atoms with Crippen molar-refractivity contribution < 1.29 is 18.7 Å². The van der Waals surface area contributed by atoms with Gasteiger partial charge in [0.1, 0.15) is 0 Å². The van der Waals surface area contributed by atoms with Crippen molar-refractivity contribution in [2.45, 2.75) is 57.9 Å². The van der Waals surface area contributed by atoms with E-state index >= 15 is 0 Å². The molecule has 1 aliphatic rings. The van der Waals surface area contributed by atoms with Gasteiger partial charge in [-0.3, -0.25) is 9.79 Å². The molecule has 0 saturated heterocycles. The fraction of sp³-hybridized carbons (Fsp3) is 0.636. The number of methoxy groups -OCH3 is 1. The van der Waals surface area contributed by atoms with E-state index in [-0.39, 0.29) is 17.8 Å². The zero-order valence-electron chi connectivity index (χ0n) is 17.8. The number of carbonyl (C=O) groups is 1. The zero-order chi connectivity index (χ0) is 21.1. The molecule has 0 aromatic heterocycles. The number of nitrogens with one attached hydrogen (secondary N) is 2. The van der Waals surface area contributed by atoms with Gasteiger partial charge in [0.15, 0.2) is 17.5 Å². The number of unbranched alkanes of at least 4 members (excludes halogenated alkanes) is 3. The molecule has 1 saturated carbocycles. The van der Waals surface area contributed by atoms with Crippen LogP contribution in [0.1, 0.15) is 63.5 Å². The fourth-order valence-electron chi connectivity index (χ4n) is 2.94. The average Bonchev–Trinajstić information content (AvgIpc) is 3.55. The number of guanidine groups is 1. The summed E-state index contributed by atoms with van der Waals surface area (Å²) in [5.74, 6) is 1.12. The van der Waals surface area contributed by atoms with E-state index in [4.69, 9.17) is 4.74 Å². The number of halogens is 1. The van der Waals surface area contributed by atoms with Crippen LogP contribution >= 0.6 is 0 Å². The van der Waals surface area contributed by atoms with Crippen molar-refractivity contribution in [3.63, 3.8) is 0 Å². The highest BCUT2D eigenvalue weighted by Crippen LogP contribution is 2.30. The molecule has 2 rings (SSSR count). The first-order valence-corrected chi connectivity index (χ1v) is 10.5. The molecule has 0 bridgehead atoms. The normalized spacial score (nSPS) is 15.0. The fourth-order valence-corrected chi connectivity index (χ4v) is 2.94. The second kappa shape index (κ2) is 12.3. The molecule has 0 spiro atoms. The Morgan fingerprint density at radius 3 is 2.69 bits per heavy atom. The largest absolute Gasteiger partial charge is 0.490 e. The molecule has 1 aromatic carbocycles. The van der Waals surface area contributed by atoms with Gasteiger partial charge in [-0.05, 0) is 56.2 Å². The van der Waals surface area contributed by atoms with Crippen LogP contribution < -0.4 is 15.4 Å². The predicted molar refractivity (Wildman–Crippen MR) is 113 cm³/mol. The minimum absolute atomic E-state index is 0.0896. The molecule has 0 aliphatic heterocycles. The van der Waals surface area contributed by atoms with E-state index in [1.165, 1.54) is 26.0 Å². The minimum Gasteiger partial charge on any atom is -0.490 e. The molecule has 29 heavy (non-hydrogen) atoms. The molecule has 1 unspecified atom stereocenters. The van der Waals surface area contributed by atoms with Crippen LogP contribution in [0.25, 0.3) is 0 Å². The van der Waals surface area contributed by atoms with E-state index in [1.807, 2.05) is 13.0 Å². The van der Waals surface area contributed by atoms with Gasteiger partial charge in [0.2, 0.25) is 0 Å². The quantitative estimate of drug-likeness (QED) is 0.237. The summed E-state index contributed by atoms with van der Waals surface area (Å²) in [7, 11) is 3.13. The van der Waals surface area contributed by atoms with Crippen LogP contribution in [0.15, 0.2) is 23.2 Å². The lowest BCUT2D eigenvalue weighted by molar-refractivity contribution is -0.140. The van der Waals surface area contributed by atoms with Crippen molar-refractivity contribution in [3.8, 4) is 5.75 Å². The maximum absolute atomic E-state index is 14.3. The highest BCUT2D eigenvalue weighted by molar-refractivity contribution is 5.80. The van der Waals surface area contributed by atoms with Crippen LogP contribution in [-0.4, -0.2) is 39.2 Å². The van der Waals surface area contributed by atoms with Gasteiger partial charge in [0.25, 0.3) is 0 Å². The first kappa shape index (κ1) is 23.0. The van der Waals surface area contributed by atoms with Gasteiger partial charge < -0.3 is 20.1 Å². The lowest BCUT2D eigenvalue weighted by Gasteiger charge is -2.19. The van der Waals surface area contributed by atoms with Crippen LogP contribution in [0.3, 0.4) is 0 Å². The first-order chi connectivity index (χ1) is 14.0. The van der Waals surface area contributed by atoms with Crippen molar-refractivity contribution in [2.75, 3.05) is 27.3 Å². The van der Waals surface area contributed by atoms with Gasteiger partial charge in [0, 0.05) is 20.0 Å². The number of hydrogen-bond acceptors (Lipinski definition) is 4. The van der Waals surface area contributed by atoms with Gasteiger partial charge in [-0.2, -0.15) is 0 Å². The first-order valence-electron chi connectivity index (χ1n) is 10.5. The standard InChI is InChI=1S/C22H34FN3O3/c1-16(18-11-12-20(19(23)14-18)29-15-17-9-10-17)26-22(24-2)25-13-7-5-4-6-8-21(27)28-3/h11-12,14,16-17H,4-10,13,15H2,1-3H3,(H2,24,25,26). The molecule has 162 valence electrons. The number of rotatable bonds is 12. The third-order valence-corrected chi connectivity index (χ3v) is 5.03. The Morgan fingerprint density at radius 1 is 1.28 bits per heavy atom. The SMILES string of the molecule is CN=C(NCCCCCCC(=O)OC)NC(C)c1ccc(OCC2CC2)c(F)c1. The Morgan fingerprint density at radius 2 is 2.03 bits per heavy atom. The van der Waals surface area contributed by atoms with Gasteiger partial charge in [-0.15, -0.1) is 0 Å². The second-order valence-electron chi connectivity index (χ2n) is 7.55. The lowest BCUT2D eigenvalue weighted by Crippen LogP contribution is -2.39. The Balaban J connectivity index is 1.68. The Hall–Kier alpha value is -2.31. The van der Waals surface area contributed by atoms with E-state index in [0.717, 1.165) is 37.8 Å². The van der Waals surface area contributed by atoms with Crippen LogP contribution in [0.5, 0.6) is 5.75 Å². The van der Waals surface area contributed by atoms with Crippen molar-refractivity contribution in [1.29, 1.82) is 0 Å². The number of ether oxygens (including phenoxy) is 2. The highest BCUT2D eigenvalue weighted by Gasteiger charge is 2.22. The number of esters is 1. The molecule has 1 aliphatic carbocycles. The Labute approximate surface area is 173 Å². The van der Waals surface area contributed by atoms with E-state index in [9.17, 15) is 9.18 Å². The van der Waals surface area contributed by atoms with Crippen LogP contribution in [0, 0.1) is 11.7 Å². The van der Waals surface area contributed by atoms with E-state index in [0.29, 0.717) is 30.7 Å². The number of benzene rings is 1. The lowest BCUT2D eigenvalue weighted by atomic mass is 10.1. The van der Waals surface area contributed by atoms with Crippen molar-refractivity contribution >= 4 is 11.9 Å². The zero-order valence-corrected chi connectivity index (χ0v) is 17.8. The number of aliphatic imine (C=N–C) groups is 1. The third kappa shape index (κ3) is 8.71. The van der Waals surface area contributed by atoms with Gasteiger partial charge in [0.05, 0.1) is 19.8 Å². The third-order valence-electron chi connectivity index (χ3n) is 5.03. The van der Waals surface area contributed by atoms with E-state index < -0.39 is 0 Å². The summed E-state index contributed by atoms with van der Waals surface area (Å²) in [4.78, 5) is 15.3. The summed E-state index contributed by atoms with van der Waals surface area (Å²) in [6.07, 6.45) is 6.70. The van der Waals surface area contributed by atoms with Gasteiger partial charge in [-0.1, -0.05) is 18.9 Å². The monoisotopic (exact) mass is 407 g/mol. The molecule has 0 heterocycles. The minimum atomic E-state index is -0.327. The number of carbonyl (C=O) groups excluding carboxylic acids is 1. The maximum Gasteiger partial charge on any atom is 0.305 e. The summed E-state index contributed by atoms with van der Waals surface area (Å²) in [6.45, 7) is 3.36. The van der Waals surface area contributed by atoms with Crippen LogP contribution in [-0.2, 0) is 9.53 Å². The summed E-state index contributed by atoms with van der Waals surface area (Å²) >= 11 is 0. The topological polar surface area (TPSA) is 72.0 Å². The highest BCUT2D eigenvalue weighted by atomic mass is 19.1. The van der Waals surface area contributed by atoms with E-state index in [2.05, 4.69) is 20.4 Å². The molecule has 7 heteroatoms. The molecule has 1 atom stereocenters. The maximum atomic E-state index is 14.3. The summed E-state index contributed by atoms with van der Waals surface area (Å²) in [5.41, 5.74) is 0.840. The molecular formula is C22H34FN3O3. The summed E-state index contributed by atoms with van der Waals surface area (Å²) < 4.78 is 24.5. The number of nitrogens with zero attached hydrogens (tertiary/aromatic N) is 1. The summed E-state index contributed by atoms with van der Waals surface area (Å²) in [5, 5.41) is 6.56. The Bertz CT molecular complexity index is 677. The van der Waals surface area contributed by atoms with Gasteiger partial charge in [-0.25, -0.2) is 4.39 Å². The second-order valence-corrected chi connectivity index (χ2v) is 7.55. The van der Waals surface area contributed by atoms with Crippen molar-refractivity contribution in [3.05, 3.63) is 29.6 Å². The molecular weight excluding hydrogens is 373 g/mol. The molecule has 1 aromatic rings. The van der Waals surface area contributed by atoms with Crippen molar-refractivity contribution in [2.24, 2.45) is 10.9 Å². The molecule has 0 amide bonds. The Kier molecular flexibility index (Phi) is 9.74.